The van der Waals surface area contributed by atoms with Crippen molar-refractivity contribution in [2.24, 2.45) is 5.41 Å². The summed E-state index contributed by atoms with van der Waals surface area (Å²) in [7, 11) is 1.76. The molecule has 3 rings (SSSR count). The molecule has 5 nitrogen and oxygen atoms in total. The summed E-state index contributed by atoms with van der Waals surface area (Å²) >= 11 is 0. The Morgan fingerprint density at radius 1 is 1.36 bits per heavy atom. The molecule has 0 N–H and O–H groups in total. The Labute approximate surface area is 148 Å². The molecule has 25 heavy (non-hydrogen) atoms. The standard InChI is InChI=1S/C20H24N2O3/c1-13-6-7-17-16(9-13)21-19(25-17)24-12-18(23)22(5)15-8-14(2)10-20(3,4)11-15/h6-9,11H,10,12H2,1-5H3. The van der Waals surface area contributed by atoms with E-state index in [9.17, 15) is 4.79 Å². The first kappa shape index (κ1) is 17.3. The number of allylic oxidation sites excluding steroid dienone is 3. The largest absolute Gasteiger partial charge is 0.440 e. The van der Waals surface area contributed by atoms with Crippen molar-refractivity contribution in [1.82, 2.24) is 9.88 Å². The lowest BCUT2D eigenvalue weighted by atomic mass is 9.81. The minimum atomic E-state index is -0.147. The molecular formula is C20H24N2O3. The van der Waals surface area contributed by atoms with Crippen molar-refractivity contribution in [2.75, 3.05) is 13.7 Å². The van der Waals surface area contributed by atoms with Crippen LogP contribution >= 0.6 is 0 Å². The summed E-state index contributed by atoms with van der Waals surface area (Å²) in [6.45, 7) is 8.29. The van der Waals surface area contributed by atoms with Crippen LogP contribution in [-0.4, -0.2) is 29.4 Å². The van der Waals surface area contributed by atoms with Crippen LogP contribution in [0.15, 0.2) is 46.0 Å². The minimum absolute atomic E-state index is 0.0434. The number of amides is 1. The van der Waals surface area contributed by atoms with Crippen LogP contribution < -0.4 is 4.74 Å². The van der Waals surface area contributed by atoms with E-state index in [1.54, 1.807) is 11.9 Å². The molecule has 5 heteroatoms. The van der Waals surface area contributed by atoms with Crippen molar-refractivity contribution < 1.29 is 13.9 Å². The summed E-state index contributed by atoms with van der Waals surface area (Å²) in [4.78, 5) is 18.4. The fraction of sp³-hybridized carbons (Fsp3) is 0.400. The summed E-state index contributed by atoms with van der Waals surface area (Å²) in [5.41, 5.74) is 4.68. The number of carbonyl (C=O) groups excluding carboxylic acids is 1. The van der Waals surface area contributed by atoms with Crippen LogP contribution in [0, 0.1) is 12.3 Å². The second-order valence-corrected chi connectivity index (χ2v) is 7.42. The Kier molecular flexibility index (Phi) is 4.41. The molecule has 0 saturated heterocycles. The second kappa shape index (κ2) is 6.39. The molecule has 0 aliphatic heterocycles. The highest BCUT2D eigenvalue weighted by molar-refractivity contribution is 5.80. The maximum absolute atomic E-state index is 12.5. The maximum atomic E-state index is 12.5. The van der Waals surface area contributed by atoms with Gasteiger partial charge in [0.15, 0.2) is 12.2 Å². The maximum Gasteiger partial charge on any atom is 0.395 e. The van der Waals surface area contributed by atoms with Gasteiger partial charge >= 0.3 is 6.08 Å². The second-order valence-electron chi connectivity index (χ2n) is 7.42. The molecular weight excluding hydrogens is 316 g/mol. The smallest absolute Gasteiger partial charge is 0.395 e. The number of likely N-dealkylation sites (N-methyl/N-ethyl adjacent to an activating group) is 1. The predicted molar refractivity (Wildman–Crippen MR) is 97.2 cm³/mol. The zero-order valence-electron chi connectivity index (χ0n) is 15.4. The number of fused-ring (bicyclic) bond motifs is 1. The lowest BCUT2D eigenvalue weighted by Crippen LogP contribution is -2.32. The van der Waals surface area contributed by atoms with Gasteiger partial charge in [0.2, 0.25) is 0 Å². The summed E-state index contributed by atoms with van der Waals surface area (Å²) in [6.07, 6.45) is 5.29. The molecule has 1 heterocycles. The van der Waals surface area contributed by atoms with Gasteiger partial charge in [-0.3, -0.25) is 4.79 Å². The van der Waals surface area contributed by atoms with Crippen LogP contribution in [0.2, 0.25) is 0 Å². The van der Waals surface area contributed by atoms with Gasteiger partial charge in [0, 0.05) is 12.7 Å². The van der Waals surface area contributed by atoms with Gasteiger partial charge in [0.05, 0.1) is 0 Å². The van der Waals surface area contributed by atoms with E-state index >= 15 is 0 Å². The van der Waals surface area contributed by atoms with Gasteiger partial charge in [-0.15, -0.1) is 0 Å². The zero-order chi connectivity index (χ0) is 18.2. The highest BCUT2D eigenvalue weighted by atomic mass is 16.6. The van der Waals surface area contributed by atoms with Crippen LogP contribution in [0.1, 0.15) is 32.8 Å². The Bertz CT molecular complexity index is 874. The summed E-state index contributed by atoms with van der Waals surface area (Å²) in [5.74, 6) is -0.147. The molecule has 1 aliphatic rings. The lowest BCUT2D eigenvalue weighted by Gasteiger charge is -2.30. The Morgan fingerprint density at radius 2 is 2.12 bits per heavy atom. The Balaban J connectivity index is 1.68. The van der Waals surface area contributed by atoms with Gasteiger partial charge in [0.1, 0.15) is 5.52 Å². The quantitative estimate of drug-likeness (QED) is 0.835. The molecule has 1 aliphatic carbocycles. The minimum Gasteiger partial charge on any atom is -0.440 e. The third kappa shape index (κ3) is 3.92. The van der Waals surface area contributed by atoms with Gasteiger partial charge in [-0.2, -0.15) is 4.98 Å². The van der Waals surface area contributed by atoms with Crippen LogP contribution in [0.4, 0.5) is 0 Å². The molecule has 0 fully saturated rings. The van der Waals surface area contributed by atoms with E-state index in [4.69, 9.17) is 9.15 Å². The number of hydrogen-bond acceptors (Lipinski definition) is 4. The molecule has 1 aromatic carbocycles. The number of hydrogen-bond donors (Lipinski definition) is 0. The molecule has 0 bridgehead atoms. The number of aryl methyl sites for hydroxylation is 1. The van der Waals surface area contributed by atoms with Crippen molar-refractivity contribution >= 4 is 17.0 Å². The van der Waals surface area contributed by atoms with E-state index in [1.807, 2.05) is 31.2 Å². The van der Waals surface area contributed by atoms with Crippen molar-refractivity contribution in [2.45, 2.75) is 34.1 Å². The van der Waals surface area contributed by atoms with Crippen molar-refractivity contribution in [1.29, 1.82) is 0 Å². The number of benzene rings is 1. The van der Waals surface area contributed by atoms with Crippen LogP contribution in [0.3, 0.4) is 0 Å². The molecule has 2 aromatic rings. The summed E-state index contributed by atoms with van der Waals surface area (Å²) in [6, 6.07) is 5.71. The first-order valence-electron chi connectivity index (χ1n) is 8.40. The highest BCUT2D eigenvalue weighted by Gasteiger charge is 2.24. The summed E-state index contributed by atoms with van der Waals surface area (Å²) < 4.78 is 11.0. The molecule has 1 amide bonds. The van der Waals surface area contributed by atoms with Crippen molar-refractivity contribution in [3.8, 4) is 6.08 Å². The first-order chi connectivity index (χ1) is 11.7. The van der Waals surface area contributed by atoms with E-state index in [0.717, 1.165) is 23.2 Å². The monoisotopic (exact) mass is 340 g/mol. The predicted octanol–water partition coefficient (Wildman–Crippen LogP) is 4.23. The van der Waals surface area contributed by atoms with Crippen molar-refractivity contribution in [3.05, 3.63) is 47.2 Å². The number of aromatic nitrogens is 1. The average Bonchev–Trinajstić information content (AvgIpc) is 2.91. The molecule has 1 aromatic heterocycles. The molecule has 132 valence electrons. The molecule has 0 spiro atoms. The third-order valence-electron chi connectivity index (χ3n) is 4.27. The number of oxazole rings is 1. The zero-order valence-corrected chi connectivity index (χ0v) is 15.4. The molecule has 0 unspecified atom stereocenters. The fourth-order valence-electron chi connectivity index (χ4n) is 3.15. The average molecular weight is 340 g/mol. The Hall–Kier alpha value is -2.56. The molecule has 0 saturated carbocycles. The SMILES string of the molecule is CC1=CC(N(C)C(=O)COc2nc3cc(C)ccc3o2)=CC(C)(C)C1. The van der Waals surface area contributed by atoms with Gasteiger partial charge in [-0.25, -0.2) is 0 Å². The van der Waals surface area contributed by atoms with E-state index in [2.05, 4.69) is 31.8 Å². The normalized spacial score (nSPS) is 16.4. The number of rotatable bonds is 4. The fourth-order valence-corrected chi connectivity index (χ4v) is 3.15. The number of nitrogens with zero attached hydrogens (tertiary/aromatic N) is 2. The van der Waals surface area contributed by atoms with E-state index in [-0.39, 0.29) is 24.0 Å². The number of carbonyl (C=O) groups is 1. The van der Waals surface area contributed by atoms with E-state index < -0.39 is 0 Å². The van der Waals surface area contributed by atoms with Gasteiger partial charge in [0.25, 0.3) is 5.91 Å². The third-order valence-corrected chi connectivity index (χ3v) is 4.27. The van der Waals surface area contributed by atoms with Gasteiger partial charge < -0.3 is 14.1 Å². The molecule has 0 radical (unpaired) electrons. The van der Waals surface area contributed by atoms with Crippen molar-refractivity contribution in [3.63, 3.8) is 0 Å². The highest BCUT2D eigenvalue weighted by Crippen LogP contribution is 2.33. The topological polar surface area (TPSA) is 55.6 Å². The van der Waals surface area contributed by atoms with Crippen LogP contribution in [0.25, 0.3) is 11.1 Å². The Morgan fingerprint density at radius 3 is 2.84 bits per heavy atom. The van der Waals surface area contributed by atoms with Gasteiger partial charge in [-0.1, -0.05) is 31.6 Å². The lowest BCUT2D eigenvalue weighted by molar-refractivity contribution is -0.130. The van der Waals surface area contributed by atoms with Crippen LogP contribution in [-0.2, 0) is 4.79 Å². The summed E-state index contributed by atoms with van der Waals surface area (Å²) in [5, 5.41) is 0. The van der Waals surface area contributed by atoms with Crippen LogP contribution in [0.5, 0.6) is 6.08 Å². The van der Waals surface area contributed by atoms with Gasteiger partial charge in [-0.05, 0) is 49.5 Å². The first-order valence-corrected chi connectivity index (χ1v) is 8.40. The van der Waals surface area contributed by atoms with E-state index in [0.29, 0.717) is 5.58 Å². The number of ether oxygens (including phenoxy) is 1. The van der Waals surface area contributed by atoms with E-state index in [1.165, 1.54) is 5.57 Å². The molecule has 0 atom stereocenters.